The van der Waals surface area contributed by atoms with Crippen molar-refractivity contribution in [3.05, 3.63) is 83.6 Å². The Morgan fingerprint density at radius 3 is 2.69 bits per heavy atom. The molecule has 10 heteroatoms. The molecular weight excluding hydrogens is 479 g/mol. The lowest BCUT2D eigenvalue weighted by atomic mass is 10.0. The predicted molar refractivity (Wildman–Crippen MR) is 137 cm³/mol. The summed E-state index contributed by atoms with van der Waals surface area (Å²) in [6.45, 7) is 3.97. The summed E-state index contributed by atoms with van der Waals surface area (Å²) < 4.78 is 15.3. The average Bonchev–Trinajstić information content (AvgIpc) is 3.49. The number of nitrogens with one attached hydrogen (secondary N) is 1. The minimum atomic E-state index is -1.04. The van der Waals surface area contributed by atoms with Gasteiger partial charge in [-0.2, -0.15) is 5.10 Å². The van der Waals surface area contributed by atoms with Crippen molar-refractivity contribution in [2.24, 2.45) is 0 Å². The van der Waals surface area contributed by atoms with Gasteiger partial charge in [0.05, 0.1) is 35.2 Å². The van der Waals surface area contributed by atoms with Gasteiger partial charge >= 0.3 is 0 Å². The van der Waals surface area contributed by atoms with Gasteiger partial charge in [0.15, 0.2) is 5.11 Å². The molecular formula is C26H21FN6O2S. The molecule has 1 fully saturated rings. The van der Waals surface area contributed by atoms with Crippen LogP contribution in [0.3, 0.4) is 0 Å². The first kappa shape index (κ1) is 22.3. The Balaban J connectivity index is 1.29. The highest BCUT2D eigenvalue weighted by atomic mass is 32.1. The first-order valence-electron chi connectivity index (χ1n) is 11.4. The summed E-state index contributed by atoms with van der Waals surface area (Å²) in [6, 6.07) is 13.7. The van der Waals surface area contributed by atoms with Crippen molar-refractivity contribution in [1.82, 2.24) is 20.1 Å². The number of amides is 2. The van der Waals surface area contributed by atoms with Gasteiger partial charge in [0, 0.05) is 29.4 Å². The van der Waals surface area contributed by atoms with Gasteiger partial charge in [0.25, 0.3) is 11.8 Å². The number of hydrogen-bond acceptors (Lipinski definition) is 5. The third-order valence-corrected chi connectivity index (χ3v) is 7.12. The zero-order valence-corrected chi connectivity index (χ0v) is 20.3. The topological polar surface area (TPSA) is 85.4 Å². The molecule has 0 spiro atoms. The Morgan fingerprint density at radius 1 is 1.11 bits per heavy atom. The fourth-order valence-corrected chi connectivity index (χ4v) is 5.36. The Bertz CT molecular complexity index is 1580. The van der Waals surface area contributed by atoms with Crippen LogP contribution in [0.15, 0.2) is 60.9 Å². The summed E-state index contributed by atoms with van der Waals surface area (Å²) in [5.74, 6) is -0.865. The smallest absolute Gasteiger partial charge is 0.259 e. The summed E-state index contributed by atoms with van der Waals surface area (Å²) in [4.78, 5) is 35.1. The molecule has 0 bridgehead atoms. The maximum Gasteiger partial charge on any atom is 0.259 e. The lowest BCUT2D eigenvalue weighted by molar-refractivity contribution is -0.120. The molecule has 8 nitrogen and oxygen atoms in total. The molecule has 36 heavy (non-hydrogen) atoms. The lowest BCUT2D eigenvalue weighted by Gasteiger charge is -2.29. The lowest BCUT2D eigenvalue weighted by Crippen LogP contribution is -2.44. The van der Waals surface area contributed by atoms with Gasteiger partial charge in [-0.05, 0) is 68.5 Å². The standard InChI is InChI=1S/C26H21FN6O2S/c1-26(2)24(35)32(17-7-5-15-12-29-30-21(15)11-17)25(36)33(26)18-8-6-16(20(27)10-18)13-31-14-22-19(23(31)34)4-3-9-28-22/h3-12H,13-14H2,1-2H3,(H,29,30). The van der Waals surface area contributed by atoms with Crippen LogP contribution in [0.2, 0.25) is 0 Å². The Hall–Kier alpha value is -4.18. The fourth-order valence-electron chi connectivity index (χ4n) is 4.84. The van der Waals surface area contributed by atoms with Gasteiger partial charge in [-0.15, -0.1) is 0 Å². The molecule has 2 amide bonds. The number of nitrogens with zero attached hydrogens (tertiary/aromatic N) is 5. The van der Waals surface area contributed by atoms with E-state index in [-0.39, 0.29) is 23.5 Å². The number of aromatic amines is 1. The summed E-state index contributed by atoms with van der Waals surface area (Å²) in [5, 5.41) is 8.10. The summed E-state index contributed by atoms with van der Waals surface area (Å²) >= 11 is 5.72. The number of thiocarbonyl (C=S) groups is 1. The van der Waals surface area contributed by atoms with Gasteiger partial charge in [-0.25, -0.2) is 4.39 Å². The molecule has 1 N–H and O–H groups in total. The van der Waals surface area contributed by atoms with E-state index in [0.29, 0.717) is 34.7 Å². The third kappa shape index (κ3) is 3.29. The molecule has 4 aromatic rings. The number of carbonyl (C=O) groups is 2. The normalized spacial score (nSPS) is 17.0. The molecule has 4 heterocycles. The van der Waals surface area contributed by atoms with E-state index in [1.165, 1.54) is 11.0 Å². The van der Waals surface area contributed by atoms with Crippen molar-refractivity contribution < 1.29 is 14.0 Å². The number of anilines is 2. The monoisotopic (exact) mass is 500 g/mol. The van der Waals surface area contributed by atoms with Crippen LogP contribution in [-0.2, 0) is 17.9 Å². The molecule has 2 aliphatic heterocycles. The van der Waals surface area contributed by atoms with Crippen molar-refractivity contribution >= 4 is 51.4 Å². The van der Waals surface area contributed by atoms with E-state index >= 15 is 4.39 Å². The van der Waals surface area contributed by atoms with Crippen molar-refractivity contribution in [1.29, 1.82) is 0 Å². The van der Waals surface area contributed by atoms with Crippen LogP contribution in [-0.4, -0.2) is 42.5 Å². The predicted octanol–water partition coefficient (Wildman–Crippen LogP) is 4.17. The second-order valence-electron chi connectivity index (χ2n) is 9.39. The van der Waals surface area contributed by atoms with E-state index in [1.807, 2.05) is 18.2 Å². The summed E-state index contributed by atoms with van der Waals surface area (Å²) in [6.07, 6.45) is 3.35. The van der Waals surface area contributed by atoms with Crippen LogP contribution in [0.25, 0.3) is 10.9 Å². The van der Waals surface area contributed by atoms with Gasteiger partial charge in [0.1, 0.15) is 11.4 Å². The molecule has 2 aliphatic rings. The highest BCUT2D eigenvalue weighted by molar-refractivity contribution is 7.81. The van der Waals surface area contributed by atoms with Crippen molar-refractivity contribution in [3.63, 3.8) is 0 Å². The van der Waals surface area contributed by atoms with Crippen LogP contribution in [0.1, 0.15) is 35.5 Å². The maximum atomic E-state index is 15.3. The molecule has 180 valence electrons. The molecule has 6 rings (SSSR count). The number of carbonyl (C=O) groups excluding carboxylic acids is 2. The molecule has 0 saturated carbocycles. The highest BCUT2D eigenvalue weighted by Gasteiger charge is 2.50. The number of hydrogen-bond donors (Lipinski definition) is 1. The molecule has 2 aromatic carbocycles. The van der Waals surface area contributed by atoms with Crippen LogP contribution in [0, 0.1) is 5.82 Å². The zero-order chi connectivity index (χ0) is 25.2. The largest absolute Gasteiger partial charge is 0.328 e. The minimum Gasteiger partial charge on any atom is -0.328 e. The number of rotatable bonds is 4. The molecule has 0 atom stereocenters. The Morgan fingerprint density at radius 2 is 1.92 bits per heavy atom. The number of halogens is 1. The number of benzene rings is 2. The summed E-state index contributed by atoms with van der Waals surface area (Å²) in [7, 11) is 0. The molecule has 2 aromatic heterocycles. The van der Waals surface area contributed by atoms with Crippen LogP contribution in [0.4, 0.5) is 15.8 Å². The number of fused-ring (bicyclic) bond motifs is 2. The fraction of sp³-hybridized carbons (Fsp3) is 0.192. The number of aromatic nitrogens is 3. The van der Waals surface area contributed by atoms with E-state index < -0.39 is 11.4 Å². The molecule has 0 radical (unpaired) electrons. The van der Waals surface area contributed by atoms with Crippen LogP contribution in [0.5, 0.6) is 0 Å². The number of pyridine rings is 1. The van der Waals surface area contributed by atoms with E-state index in [0.717, 1.165) is 10.9 Å². The first-order valence-corrected chi connectivity index (χ1v) is 11.8. The van der Waals surface area contributed by atoms with Crippen molar-refractivity contribution in [3.8, 4) is 0 Å². The number of H-pyrrole nitrogens is 1. The second-order valence-corrected chi connectivity index (χ2v) is 9.76. The zero-order valence-electron chi connectivity index (χ0n) is 19.5. The second kappa shape index (κ2) is 7.92. The van der Waals surface area contributed by atoms with Crippen LogP contribution >= 0.6 is 12.2 Å². The minimum absolute atomic E-state index is 0.115. The molecule has 0 unspecified atom stereocenters. The van der Waals surface area contributed by atoms with E-state index in [1.54, 1.807) is 60.3 Å². The summed E-state index contributed by atoms with van der Waals surface area (Å²) in [5.41, 5.74) is 2.42. The maximum absolute atomic E-state index is 15.3. The third-order valence-electron chi connectivity index (χ3n) is 6.76. The van der Waals surface area contributed by atoms with Crippen molar-refractivity contribution in [2.75, 3.05) is 9.80 Å². The van der Waals surface area contributed by atoms with Crippen molar-refractivity contribution in [2.45, 2.75) is 32.5 Å². The first-order chi connectivity index (χ1) is 17.3. The Kier molecular flexibility index (Phi) is 4.91. The SMILES string of the molecule is CC1(C)C(=O)N(c2ccc3cn[nH]c3c2)C(=S)N1c1ccc(CN2Cc3ncccc3C2=O)c(F)c1. The van der Waals surface area contributed by atoms with Gasteiger partial charge in [0.2, 0.25) is 0 Å². The quantitative estimate of drug-likeness (QED) is 0.424. The average molecular weight is 501 g/mol. The highest BCUT2D eigenvalue weighted by Crippen LogP contribution is 2.37. The van der Waals surface area contributed by atoms with Gasteiger partial charge in [-0.1, -0.05) is 6.07 Å². The van der Waals surface area contributed by atoms with E-state index in [9.17, 15) is 9.59 Å². The Labute approximate surface area is 211 Å². The van der Waals surface area contributed by atoms with Crippen LogP contribution < -0.4 is 9.80 Å². The molecule has 1 saturated heterocycles. The van der Waals surface area contributed by atoms with Gasteiger partial charge < -0.3 is 9.80 Å². The van der Waals surface area contributed by atoms with E-state index in [4.69, 9.17) is 12.2 Å². The van der Waals surface area contributed by atoms with E-state index in [2.05, 4.69) is 15.2 Å². The molecule has 0 aliphatic carbocycles. The van der Waals surface area contributed by atoms with Gasteiger partial charge in [-0.3, -0.25) is 24.6 Å².